The van der Waals surface area contributed by atoms with Crippen molar-refractivity contribution >= 4 is 5.91 Å². The van der Waals surface area contributed by atoms with Gasteiger partial charge in [-0.1, -0.05) is 6.92 Å². The molecule has 3 nitrogen and oxygen atoms in total. The number of amides is 1. The zero-order valence-corrected chi connectivity index (χ0v) is 6.31. The van der Waals surface area contributed by atoms with E-state index < -0.39 is 24.9 Å². The molecule has 3 N–H and O–H groups in total. The van der Waals surface area contributed by atoms with Crippen LogP contribution in [0.4, 0.5) is 8.78 Å². The average Bonchev–Trinajstić information content (AvgIpc) is 1.98. The lowest BCUT2D eigenvalue weighted by Gasteiger charge is -2.08. The van der Waals surface area contributed by atoms with Gasteiger partial charge in [0.05, 0.1) is 12.6 Å². The topological polar surface area (TPSA) is 55.1 Å². The molecule has 0 spiro atoms. The minimum Gasteiger partial charge on any atom is -0.349 e. The number of nitrogens with two attached hydrogens (primary N) is 1. The molecule has 0 aliphatic carbocycles. The summed E-state index contributed by atoms with van der Waals surface area (Å²) in [5.41, 5.74) is 5.25. The SMILES string of the molecule is CC[C@H](N)C(=O)NCC(F)F. The van der Waals surface area contributed by atoms with E-state index in [1.807, 2.05) is 5.32 Å². The Balaban J connectivity index is 3.52. The first-order chi connectivity index (χ1) is 5.07. The highest BCUT2D eigenvalue weighted by molar-refractivity contribution is 5.81. The summed E-state index contributed by atoms with van der Waals surface area (Å²) in [5.74, 6) is -0.521. The van der Waals surface area contributed by atoms with Crippen LogP contribution in [0, 0.1) is 0 Å². The molecule has 0 rings (SSSR count). The molecule has 0 aromatic carbocycles. The summed E-state index contributed by atoms with van der Waals surface area (Å²) < 4.78 is 23.0. The summed E-state index contributed by atoms with van der Waals surface area (Å²) in [7, 11) is 0. The maximum atomic E-state index is 11.5. The molecule has 0 heterocycles. The van der Waals surface area contributed by atoms with E-state index in [0.29, 0.717) is 6.42 Å². The van der Waals surface area contributed by atoms with E-state index in [2.05, 4.69) is 0 Å². The van der Waals surface area contributed by atoms with Crippen molar-refractivity contribution in [3.8, 4) is 0 Å². The summed E-state index contributed by atoms with van der Waals surface area (Å²) in [4.78, 5) is 10.7. The monoisotopic (exact) mass is 166 g/mol. The van der Waals surface area contributed by atoms with Gasteiger partial charge in [-0.15, -0.1) is 0 Å². The highest BCUT2D eigenvalue weighted by Gasteiger charge is 2.11. The van der Waals surface area contributed by atoms with E-state index in [4.69, 9.17) is 5.73 Å². The number of rotatable bonds is 4. The molecule has 1 atom stereocenters. The van der Waals surface area contributed by atoms with Crippen molar-refractivity contribution in [2.45, 2.75) is 25.8 Å². The van der Waals surface area contributed by atoms with Gasteiger partial charge >= 0.3 is 0 Å². The van der Waals surface area contributed by atoms with Crippen molar-refractivity contribution < 1.29 is 13.6 Å². The molecule has 66 valence electrons. The minimum absolute atomic E-state index is 0.453. The van der Waals surface area contributed by atoms with E-state index in [1.165, 1.54) is 0 Å². The molecular weight excluding hydrogens is 154 g/mol. The first kappa shape index (κ1) is 10.3. The molecule has 5 heteroatoms. The Morgan fingerprint density at radius 1 is 1.64 bits per heavy atom. The Morgan fingerprint density at radius 2 is 2.18 bits per heavy atom. The fourth-order valence-corrected chi connectivity index (χ4v) is 0.494. The van der Waals surface area contributed by atoms with E-state index in [0.717, 1.165) is 0 Å². The number of hydrogen-bond acceptors (Lipinski definition) is 2. The van der Waals surface area contributed by atoms with Crippen LogP contribution in [-0.2, 0) is 4.79 Å². The predicted molar refractivity (Wildman–Crippen MR) is 37.3 cm³/mol. The van der Waals surface area contributed by atoms with Crippen LogP contribution >= 0.6 is 0 Å². The second kappa shape index (κ2) is 5.01. The van der Waals surface area contributed by atoms with Gasteiger partial charge in [0.25, 0.3) is 6.43 Å². The largest absolute Gasteiger partial charge is 0.349 e. The highest BCUT2D eigenvalue weighted by Crippen LogP contribution is 1.90. The fraction of sp³-hybridized carbons (Fsp3) is 0.833. The van der Waals surface area contributed by atoms with Crippen molar-refractivity contribution in [3.63, 3.8) is 0 Å². The molecular formula is C6H12F2N2O. The van der Waals surface area contributed by atoms with Crippen LogP contribution in [0.5, 0.6) is 0 Å². The van der Waals surface area contributed by atoms with Crippen LogP contribution in [-0.4, -0.2) is 24.9 Å². The molecule has 0 radical (unpaired) electrons. The number of hydrogen-bond donors (Lipinski definition) is 2. The van der Waals surface area contributed by atoms with Gasteiger partial charge < -0.3 is 11.1 Å². The summed E-state index contributed by atoms with van der Waals surface area (Å²) in [6.45, 7) is 1.10. The third-order valence-electron chi connectivity index (χ3n) is 1.21. The molecule has 0 aliphatic heterocycles. The Morgan fingerprint density at radius 3 is 2.55 bits per heavy atom. The number of nitrogens with one attached hydrogen (secondary N) is 1. The maximum absolute atomic E-state index is 11.5. The molecule has 0 saturated heterocycles. The lowest BCUT2D eigenvalue weighted by Crippen LogP contribution is -2.41. The predicted octanol–water partition coefficient (Wildman–Crippen LogP) is 0.105. The Kier molecular flexibility index (Phi) is 4.69. The quantitative estimate of drug-likeness (QED) is 0.622. The molecule has 0 aromatic heterocycles. The second-order valence-electron chi connectivity index (χ2n) is 2.15. The van der Waals surface area contributed by atoms with Crippen LogP contribution in [0.15, 0.2) is 0 Å². The van der Waals surface area contributed by atoms with E-state index >= 15 is 0 Å². The smallest absolute Gasteiger partial charge is 0.255 e. The third kappa shape index (κ3) is 4.66. The third-order valence-corrected chi connectivity index (χ3v) is 1.21. The molecule has 0 fully saturated rings. The van der Waals surface area contributed by atoms with Gasteiger partial charge in [-0.25, -0.2) is 8.78 Å². The summed E-state index contributed by atoms with van der Waals surface area (Å²) in [6.07, 6.45) is -2.06. The van der Waals surface area contributed by atoms with Gasteiger partial charge in [0.15, 0.2) is 0 Å². The Labute approximate surface area is 63.9 Å². The minimum atomic E-state index is -2.51. The van der Waals surface area contributed by atoms with Gasteiger partial charge in [0.2, 0.25) is 5.91 Å². The van der Waals surface area contributed by atoms with E-state index in [1.54, 1.807) is 6.92 Å². The van der Waals surface area contributed by atoms with Gasteiger partial charge in [-0.2, -0.15) is 0 Å². The lowest BCUT2D eigenvalue weighted by atomic mass is 10.2. The number of carbonyl (C=O) groups is 1. The van der Waals surface area contributed by atoms with Crippen molar-refractivity contribution in [2.75, 3.05) is 6.54 Å². The normalized spacial score (nSPS) is 13.2. The number of alkyl halides is 2. The van der Waals surface area contributed by atoms with Crippen molar-refractivity contribution in [3.05, 3.63) is 0 Å². The van der Waals surface area contributed by atoms with Crippen LogP contribution in [0.3, 0.4) is 0 Å². The lowest BCUT2D eigenvalue weighted by molar-refractivity contribution is -0.123. The van der Waals surface area contributed by atoms with Crippen LogP contribution in [0.25, 0.3) is 0 Å². The summed E-state index contributed by atoms with van der Waals surface area (Å²) in [5, 5.41) is 2.02. The molecule has 0 aliphatic rings. The average molecular weight is 166 g/mol. The molecule has 0 bridgehead atoms. The van der Waals surface area contributed by atoms with Crippen molar-refractivity contribution in [2.24, 2.45) is 5.73 Å². The summed E-state index contributed by atoms with van der Waals surface area (Å²) >= 11 is 0. The molecule has 0 saturated carbocycles. The van der Waals surface area contributed by atoms with Gasteiger partial charge in [0.1, 0.15) is 0 Å². The van der Waals surface area contributed by atoms with Crippen molar-refractivity contribution in [1.29, 1.82) is 0 Å². The first-order valence-corrected chi connectivity index (χ1v) is 3.39. The molecule has 0 unspecified atom stereocenters. The zero-order valence-electron chi connectivity index (χ0n) is 6.31. The maximum Gasteiger partial charge on any atom is 0.255 e. The first-order valence-electron chi connectivity index (χ1n) is 3.39. The van der Waals surface area contributed by atoms with E-state index in [-0.39, 0.29) is 0 Å². The second-order valence-corrected chi connectivity index (χ2v) is 2.15. The van der Waals surface area contributed by atoms with Gasteiger partial charge in [0, 0.05) is 0 Å². The van der Waals surface area contributed by atoms with Gasteiger partial charge in [-0.05, 0) is 6.42 Å². The molecule has 1 amide bonds. The van der Waals surface area contributed by atoms with Crippen molar-refractivity contribution in [1.82, 2.24) is 5.32 Å². The standard InChI is InChI=1S/C6H12F2N2O/c1-2-4(9)6(11)10-3-5(7)8/h4-5H,2-3,9H2,1H3,(H,10,11)/t4-/m0/s1. The summed E-state index contributed by atoms with van der Waals surface area (Å²) in [6, 6.07) is -0.672. The molecule has 0 aromatic rings. The highest BCUT2D eigenvalue weighted by atomic mass is 19.3. The number of carbonyl (C=O) groups excluding carboxylic acids is 1. The van der Waals surface area contributed by atoms with Crippen LogP contribution < -0.4 is 11.1 Å². The Bertz CT molecular complexity index is 130. The Hall–Kier alpha value is -0.710. The van der Waals surface area contributed by atoms with Gasteiger partial charge in [-0.3, -0.25) is 4.79 Å². The molecule has 11 heavy (non-hydrogen) atoms. The van der Waals surface area contributed by atoms with E-state index in [9.17, 15) is 13.6 Å². The van der Waals surface area contributed by atoms with Crippen LogP contribution in [0.2, 0.25) is 0 Å². The van der Waals surface area contributed by atoms with Crippen LogP contribution in [0.1, 0.15) is 13.3 Å². The zero-order chi connectivity index (χ0) is 8.85. The fourth-order valence-electron chi connectivity index (χ4n) is 0.494. The number of halogens is 2.